The number of nitrogens with one attached hydrogen (secondary N) is 1. The van der Waals surface area contributed by atoms with Gasteiger partial charge < -0.3 is 15.0 Å². The van der Waals surface area contributed by atoms with Crippen LogP contribution in [0, 0.1) is 0 Å². The van der Waals surface area contributed by atoms with E-state index in [1.807, 2.05) is 18.3 Å². The van der Waals surface area contributed by atoms with Gasteiger partial charge in [0.15, 0.2) is 5.75 Å². The molecule has 16 heavy (non-hydrogen) atoms. The molecular formula is C12H13NO3. The fraction of sp³-hybridized carbons (Fsp3) is 0.167. The van der Waals surface area contributed by atoms with Crippen molar-refractivity contribution < 1.29 is 15.3 Å². The van der Waals surface area contributed by atoms with E-state index >= 15 is 0 Å². The second-order valence-electron chi connectivity index (χ2n) is 3.58. The van der Waals surface area contributed by atoms with Gasteiger partial charge in [-0.2, -0.15) is 0 Å². The van der Waals surface area contributed by atoms with Crippen LogP contribution in [0.3, 0.4) is 0 Å². The van der Waals surface area contributed by atoms with Crippen LogP contribution in [-0.4, -0.2) is 15.3 Å². The number of rotatable bonds is 4. The molecule has 4 nitrogen and oxygen atoms in total. The zero-order valence-corrected chi connectivity index (χ0v) is 8.63. The maximum absolute atomic E-state index is 9.93. The minimum Gasteiger partial charge on any atom is -0.388 e. The molecule has 0 aliphatic carbocycles. The first kappa shape index (κ1) is 10.7. The van der Waals surface area contributed by atoms with Gasteiger partial charge >= 0.3 is 0 Å². The molecule has 0 amide bonds. The summed E-state index contributed by atoms with van der Waals surface area (Å²) in [5, 5.41) is 18.3. The zero-order chi connectivity index (χ0) is 11.4. The van der Waals surface area contributed by atoms with Gasteiger partial charge in [-0.3, -0.25) is 0 Å². The summed E-state index contributed by atoms with van der Waals surface area (Å²) in [4.78, 5) is 7.10. The Morgan fingerprint density at radius 1 is 1.19 bits per heavy atom. The quantitative estimate of drug-likeness (QED) is 0.545. The Hall–Kier alpha value is -1.78. The van der Waals surface area contributed by atoms with Crippen LogP contribution < -0.4 is 4.89 Å². The minimum atomic E-state index is -0.564. The van der Waals surface area contributed by atoms with Crippen LogP contribution >= 0.6 is 0 Å². The van der Waals surface area contributed by atoms with Crippen molar-refractivity contribution in [2.24, 2.45) is 0 Å². The fourth-order valence-electron chi connectivity index (χ4n) is 1.57. The summed E-state index contributed by atoms with van der Waals surface area (Å²) in [5.41, 5.74) is 1.77. The summed E-state index contributed by atoms with van der Waals surface area (Å²) < 4.78 is 0. The molecule has 1 heterocycles. The lowest BCUT2D eigenvalue weighted by atomic mass is 10.1. The average Bonchev–Trinajstić information content (AvgIpc) is 2.82. The number of aromatic amines is 1. The molecule has 1 unspecified atom stereocenters. The van der Waals surface area contributed by atoms with Gasteiger partial charge in [-0.1, -0.05) is 12.1 Å². The Balaban J connectivity index is 2.05. The number of aromatic nitrogens is 1. The van der Waals surface area contributed by atoms with Crippen molar-refractivity contribution >= 4 is 0 Å². The van der Waals surface area contributed by atoms with Crippen LogP contribution in [-0.2, 0) is 6.42 Å². The SMILES string of the molecule is OOc1ccc(C(O)Cc2ccc[nH]2)cc1. The number of H-pyrrole nitrogens is 1. The Morgan fingerprint density at radius 3 is 2.50 bits per heavy atom. The Morgan fingerprint density at radius 2 is 1.94 bits per heavy atom. The van der Waals surface area contributed by atoms with Crippen molar-refractivity contribution in [3.05, 3.63) is 53.9 Å². The zero-order valence-electron chi connectivity index (χ0n) is 8.63. The van der Waals surface area contributed by atoms with Crippen LogP contribution in [0.4, 0.5) is 0 Å². The number of aliphatic hydroxyl groups excluding tert-OH is 1. The lowest BCUT2D eigenvalue weighted by molar-refractivity contribution is -0.137. The summed E-state index contributed by atoms with van der Waals surface area (Å²) in [6.07, 6.45) is 1.79. The van der Waals surface area contributed by atoms with Crippen LogP contribution in [0.2, 0.25) is 0 Å². The number of aliphatic hydroxyl groups is 1. The van der Waals surface area contributed by atoms with Crippen LogP contribution in [0.25, 0.3) is 0 Å². The van der Waals surface area contributed by atoms with E-state index in [0.29, 0.717) is 12.2 Å². The van der Waals surface area contributed by atoms with E-state index < -0.39 is 6.10 Å². The first-order chi connectivity index (χ1) is 7.79. The highest BCUT2D eigenvalue weighted by Crippen LogP contribution is 2.20. The van der Waals surface area contributed by atoms with E-state index in [0.717, 1.165) is 11.3 Å². The van der Waals surface area contributed by atoms with Crippen molar-refractivity contribution in [2.45, 2.75) is 12.5 Å². The molecule has 4 heteroatoms. The van der Waals surface area contributed by atoms with E-state index in [4.69, 9.17) is 5.26 Å². The third-order valence-electron chi connectivity index (χ3n) is 2.45. The highest BCUT2D eigenvalue weighted by molar-refractivity contribution is 5.28. The molecule has 3 N–H and O–H groups in total. The summed E-state index contributed by atoms with van der Waals surface area (Å²) in [6.45, 7) is 0. The van der Waals surface area contributed by atoms with Gasteiger partial charge in [0.1, 0.15) is 0 Å². The van der Waals surface area contributed by atoms with E-state index in [1.165, 1.54) is 0 Å². The largest absolute Gasteiger partial charge is 0.388 e. The molecule has 0 saturated heterocycles. The van der Waals surface area contributed by atoms with E-state index in [9.17, 15) is 5.11 Å². The molecule has 0 aliphatic rings. The average molecular weight is 219 g/mol. The molecule has 1 aromatic heterocycles. The molecule has 0 radical (unpaired) electrons. The van der Waals surface area contributed by atoms with Gasteiger partial charge in [0, 0.05) is 18.3 Å². The van der Waals surface area contributed by atoms with Crippen molar-refractivity contribution in [1.82, 2.24) is 4.98 Å². The van der Waals surface area contributed by atoms with Gasteiger partial charge in [-0.15, -0.1) is 0 Å². The predicted molar refractivity (Wildman–Crippen MR) is 59.2 cm³/mol. The number of hydrogen-bond donors (Lipinski definition) is 3. The van der Waals surface area contributed by atoms with Crippen molar-refractivity contribution in [3.8, 4) is 5.75 Å². The van der Waals surface area contributed by atoms with Crippen LogP contribution in [0.5, 0.6) is 5.75 Å². The second-order valence-corrected chi connectivity index (χ2v) is 3.58. The first-order valence-electron chi connectivity index (χ1n) is 5.01. The molecule has 84 valence electrons. The Bertz CT molecular complexity index is 422. The van der Waals surface area contributed by atoms with E-state index in [2.05, 4.69) is 9.87 Å². The van der Waals surface area contributed by atoms with Crippen molar-refractivity contribution in [1.29, 1.82) is 0 Å². The van der Waals surface area contributed by atoms with Gasteiger partial charge in [0.2, 0.25) is 0 Å². The Labute approximate surface area is 93.1 Å². The van der Waals surface area contributed by atoms with Gasteiger partial charge in [0.25, 0.3) is 0 Å². The molecule has 0 bridgehead atoms. The minimum absolute atomic E-state index is 0.357. The molecule has 0 fully saturated rings. The summed E-state index contributed by atoms with van der Waals surface area (Å²) >= 11 is 0. The van der Waals surface area contributed by atoms with E-state index in [-0.39, 0.29) is 0 Å². The third kappa shape index (κ3) is 2.42. The third-order valence-corrected chi connectivity index (χ3v) is 2.45. The van der Waals surface area contributed by atoms with Crippen molar-refractivity contribution in [2.75, 3.05) is 0 Å². The topological polar surface area (TPSA) is 65.5 Å². The number of hydrogen-bond acceptors (Lipinski definition) is 3. The predicted octanol–water partition coefficient (Wildman–Crippen LogP) is 2.14. The van der Waals surface area contributed by atoms with Gasteiger partial charge in [-0.05, 0) is 29.8 Å². The van der Waals surface area contributed by atoms with Crippen LogP contribution in [0.15, 0.2) is 42.6 Å². The molecular weight excluding hydrogens is 206 g/mol. The van der Waals surface area contributed by atoms with Gasteiger partial charge in [-0.25, -0.2) is 5.26 Å². The number of benzene rings is 1. The molecule has 0 saturated carbocycles. The summed E-state index contributed by atoms with van der Waals surface area (Å²) in [6, 6.07) is 10.5. The summed E-state index contributed by atoms with van der Waals surface area (Å²) in [7, 11) is 0. The molecule has 2 rings (SSSR count). The highest BCUT2D eigenvalue weighted by Gasteiger charge is 2.09. The lowest BCUT2D eigenvalue weighted by Crippen LogP contribution is -2.01. The standard InChI is InChI=1S/C12H13NO3/c14-12(8-10-2-1-7-13-10)9-3-5-11(16-15)6-4-9/h1-7,12-15H,8H2. The fourth-order valence-corrected chi connectivity index (χ4v) is 1.57. The molecule has 1 atom stereocenters. The van der Waals surface area contributed by atoms with Crippen molar-refractivity contribution in [3.63, 3.8) is 0 Å². The summed E-state index contributed by atoms with van der Waals surface area (Å²) in [5.74, 6) is 0.357. The maximum Gasteiger partial charge on any atom is 0.165 e. The molecule has 1 aromatic carbocycles. The van der Waals surface area contributed by atoms with E-state index in [1.54, 1.807) is 24.3 Å². The van der Waals surface area contributed by atoms with Crippen LogP contribution in [0.1, 0.15) is 17.4 Å². The maximum atomic E-state index is 9.93. The first-order valence-corrected chi connectivity index (χ1v) is 5.01. The normalized spacial score (nSPS) is 12.4. The highest BCUT2D eigenvalue weighted by atomic mass is 17.1. The second kappa shape index (κ2) is 4.83. The monoisotopic (exact) mass is 219 g/mol. The molecule has 2 aromatic rings. The Kier molecular flexibility index (Phi) is 3.24. The lowest BCUT2D eigenvalue weighted by Gasteiger charge is -2.10. The molecule has 0 spiro atoms. The molecule has 0 aliphatic heterocycles. The van der Waals surface area contributed by atoms with Gasteiger partial charge in [0.05, 0.1) is 6.10 Å². The smallest absolute Gasteiger partial charge is 0.165 e.